The third-order valence-corrected chi connectivity index (χ3v) is 8.06. The molecular formula is C26H25BrCl2N2O2S. The van der Waals surface area contributed by atoms with Crippen molar-refractivity contribution in [3.63, 3.8) is 0 Å². The Balaban J connectivity index is 1.64. The van der Waals surface area contributed by atoms with E-state index in [1.807, 2.05) is 23.1 Å². The van der Waals surface area contributed by atoms with Crippen molar-refractivity contribution in [2.24, 2.45) is 0 Å². The van der Waals surface area contributed by atoms with Crippen LogP contribution in [0.4, 0.5) is 0 Å². The molecule has 1 atom stereocenters. The molecule has 2 aromatic carbocycles. The smallest absolute Gasteiger partial charge is 0.254 e. The van der Waals surface area contributed by atoms with Crippen molar-refractivity contribution in [2.75, 3.05) is 19.6 Å². The first kappa shape index (κ1) is 25.2. The van der Waals surface area contributed by atoms with E-state index in [2.05, 4.69) is 34.3 Å². The quantitative estimate of drug-likeness (QED) is 0.296. The lowest BCUT2D eigenvalue weighted by molar-refractivity contribution is -0.134. The summed E-state index contributed by atoms with van der Waals surface area (Å²) < 4.78 is 0.832. The predicted octanol–water partition coefficient (Wildman–Crippen LogP) is 7.23. The molecule has 1 aromatic heterocycles. The van der Waals surface area contributed by atoms with Crippen LogP contribution in [-0.2, 0) is 11.2 Å². The van der Waals surface area contributed by atoms with E-state index in [1.54, 1.807) is 40.5 Å². The molecule has 1 unspecified atom stereocenters. The minimum atomic E-state index is -0.304. The maximum Gasteiger partial charge on any atom is 0.254 e. The predicted molar refractivity (Wildman–Crippen MR) is 143 cm³/mol. The molecule has 0 saturated heterocycles. The lowest BCUT2D eigenvalue weighted by Gasteiger charge is -2.38. The largest absolute Gasteiger partial charge is 0.330 e. The summed E-state index contributed by atoms with van der Waals surface area (Å²) in [5, 5.41) is 3.14. The van der Waals surface area contributed by atoms with Crippen molar-refractivity contribution in [2.45, 2.75) is 32.2 Å². The standard InChI is InChI=1S/C26H25BrCl2N2O2S/c1-2-3-11-30(26(33)17-5-4-6-18(27)14-17)16-24(32)31-12-9-23-21(10-13-34-23)25(31)20-8-7-19(28)15-22(20)29/h4-8,10,13-15,25H,2-3,9,11-12,16H2,1H3. The molecular weight excluding hydrogens is 555 g/mol. The first-order valence-corrected chi connectivity index (χ1v) is 13.7. The van der Waals surface area contributed by atoms with Crippen LogP contribution < -0.4 is 0 Å². The molecule has 0 fully saturated rings. The molecule has 2 heterocycles. The van der Waals surface area contributed by atoms with Gasteiger partial charge in [-0.1, -0.05) is 64.6 Å². The van der Waals surface area contributed by atoms with E-state index in [1.165, 1.54) is 4.88 Å². The Hall–Kier alpha value is -1.86. The lowest BCUT2D eigenvalue weighted by Crippen LogP contribution is -2.47. The first-order valence-electron chi connectivity index (χ1n) is 11.2. The number of benzene rings is 2. The highest BCUT2D eigenvalue weighted by atomic mass is 79.9. The number of fused-ring (bicyclic) bond motifs is 1. The minimum Gasteiger partial charge on any atom is -0.330 e. The van der Waals surface area contributed by atoms with Gasteiger partial charge in [-0.25, -0.2) is 0 Å². The molecule has 0 bridgehead atoms. The zero-order chi connectivity index (χ0) is 24.2. The second-order valence-electron chi connectivity index (χ2n) is 8.30. The van der Waals surface area contributed by atoms with Gasteiger partial charge >= 0.3 is 0 Å². The van der Waals surface area contributed by atoms with Crippen molar-refractivity contribution in [1.82, 2.24) is 9.80 Å². The molecule has 8 heteroatoms. The molecule has 3 aromatic rings. The van der Waals surface area contributed by atoms with Crippen LogP contribution in [0.15, 0.2) is 58.4 Å². The fourth-order valence-corrected chi connectivity index (χ4v) is 6.12. The van der Waals surface area contributed by atoms with Crippen LogP contribution >= 0.6 is 50.5 Å². The van der Waals surface area contributed by atoms with Gasteiger partial charge in [-0.05, 0) is 65.7 Å². The SMILES string of the molecule is CCCCN(CC(=O)N1CCc2sccc2C1c1ccc(Cl)cc1Cl)C(=O)c1cccc(Br)c1. The third kappa shape index (κ3) is 5.51. The highest BCUT2D eigenvalue weighted by Crippen LogP contribution is 2.41. The van der Waals surface area contributed by atoms with Crippen molar-refractivity contribution in [1.29, 1.82) is 0 Å². The highest BCUT2D eigenvalue weighted by molar-refractivity contribution is 9.10. The normalized spacial score (nSPS) is 15.2. The van der Waals surface area contributed by atoms with Crippen LogP contribution in [0, 0.1) is 0 Å². The highest BCUT2D eigenvalue weighted by Gasteiger charge is 2.35. The number of amides is 2. The fourth-order valence-electron chi connectivity index (χ4n) is 4.30. The van der Waals surface area contributed by atoms with Crippen LogP contribution in [0.3, 0.4) is 0 Å². The molecule has 34 heavy (non-hydrogen) atoms. The van der Waals surface area contributed by atoms with Crippen LogP contribution in [0.25, 0.3) is 0 Å². The van der Waals surface area contributed by atoms with Crippen molar-refractivity contribution in [3.8, 4) is 0 Å². The number of nitrogens with zero attached hydrogens (tertiary/aromatic N) is 2. The summed E-state index contributed by atoms with van der Waals surface area (Å²) in [5.74, 6) is -0.232. The van der Waals surface area contributed by atoms with E-state index in [-0.39, 0.29) is 24.4 Å². The zero-order valence-electron chi connectivity index (χ0n) is 18.8. The molecule has 0 radical (unpaired) electrons. The number of carbonyl (C=O) groups is 2. The first-order chi connectivity index (χ1) is 16.4. The Morgan fingerprint density at radius 1 is 1.15 bits per heavy atom. The third-order valence-electron chi connectivity index (χ3n) is 6.01. The molecule has 0 aliphatic carbocycles. The molecule has 2 amide bonds. The lowest BCUT2D eigenvalue weighted by atomic mass is 9.93. The van der Waals surface area contributed by atoms with Gasteiger partial charge in [0.15, 0.2) is 0 Å². The minimum absolute atomic E-state index is 0.0204. The van der Waals surface area contributed by atoms with Crippen LogP contribution in [0.1, 0.15) is 52.2 Å². The van der Waals surface area contributed by atoms with E-state index in [0.717, 1.165) is 34.9 Å². The number of hydrogen-bond acceptors (Lipinski definition) is 3. The van der Waals surface area contributed by atoms with E-state index < -0.39 is 0 Å². The number of rotatable bonds is 7. The van der Waals surface area contributed by atoms with Gasteiger partial charge in [-0.15, -0.1) is 11.3 Å². The van der Waals surface area contributed by atoms with E-state index in [0.29, 0.717) is 28.7 Å². The maximum atomic E-state index is 13.7. The number of hydrogen-bond donors (Lipinski definition) is 0. The zero-order valence-corrected chi connectivity index (χ0v) is 22.7. The molecule has 1 aliphatic heterocycles. The van der Waals surface area contributed by atoms with Gasteiger partial charge in [0, 0.05) is 38.0 Å². The Morgan fingerprint density at radius 3 is 2.71 bits per heavy atom. The molecule has 4 rings (SSSR count). The second kappa shape index (κ2) is 11.3. The summed E-state index contributed by atoms with van der Waals surface area (Å²) in [5.41, 5.74) is 2.50. The molecule has 0 spiro atoms. The van der Waals surface area contributed by atoms with Gasteiger partial charge in [-0.2, -0.15) is 0 Å². The number of unbranched alkanes of at least 4 members (excludes halogenated alkanes) is 1. The van der Waals surface area contributed by atoms with Crippen LogP contribution in [0.5, 0.6) is 0 Å². The van der Waals surface area contributed by atoms with Crippen LogP contribution in [-0.4, -0.2) is 41.2 Å². The molecule has 4 nitrogen and oxygen atoms in total. The summed E-state index contributed by atoms with van der Waals surface area (Å²) in [4.78, 5) is 31.8. The number of halogens is 3. The van der Waals surface area contributed by atoms with Gasteiger partial charge in [0.2, 0.25) is 5.91 Å². The van der Waals surface area contributed by atoms with Crippen LogP contribution in [0.2, 0.25) is 10.0 Å². The van der Waals surface area contributed by atoms with Gasteiger partial charge in [-0.3, -0.25) is 9.59 Å². The molecule has 1 aliphatic rings. The molecule has 0 saturated carbocycles. The van der Waals surface area contributed by atoms with Crippen molar-refractivity contribution >= 4 is 62.3 Å². The fraction of sp³-hybridized carbons (Fsp3) is 0.308. The van der Waals surface area contributed by atoms with Gasteiger partial charge < -0.3 is 9.80 Å². The van der Waals surface area contributed by atoms with E-state index in [4.69, 9.17) is 23.2 Å². The maximum absolute atomic E-state index is 13.7. The van der Waals surface area contributed by atoms with Gasteiger partial charge in [0.25, 0.3) is 5.91 Å². The average Bonchev–Trinajstić information content (AvgIpc) is 3.30. The topological polar surface area (TPSA) is 40.6 Å². The second-order valence-corrected chi connectivity index (χ2v) is 11.1. The molecule has 178 valence electrons. The Morgan fingerprint density at radius 2 is 1.97 bits per heavy atom. The Bertz CT molecular complexity index is 1200. The van der Waals surface area contributed by atoms with Crippen molar-refractivity contribution in [3.05, 3.63) is 90.0 Å². The number of thiophene rings is 1. The summed E-state index contributed by atoms with van der Waals surface area (Å²) in [7, 11) is 0. The number of carbonyl (C=O) groups excluding carboxylic acids is 2. The monoisotopic (exact) mass is 578 g/mol. The summed E-state index contributed by atoms with van der Waals surface area (Å²) in [6, 6.07) is 14.5. The van der Waals surface area contributed by atoms with Crippen molar-refractivity contribution < 1.29 is 9.59 Å². The summed E-state index contributed by atoms with van der Waals surface area (Å²) >= 11 is 17.9. The molecule has 0 N–H and O–H groups in total. The van der Waals surface area contributed by atoms with E-state index >= 15 is 0 Å². The van der Waals surface area contributed by atoms with Gasteiger partial charge in [0.05, 0.1) is 6.04 Å². The summed E-state index contributed by atoms with van der Waals surface area (Å²) in [6.07, 6.45) is 2.55. The van der Waals surface area contributed by atoms with Gasteiger partial charge in [0.1, 0.15) is 6.54 Å². The Labute approximate surface area is 222 Å². The van der Waals surface area contributed by atoms with E-state index in [9.17, 15) is 9.59 Å². The summed E-state index contributed by atoms with van der Waals surface area (Å²) in [6.45, 7) is 3.19. The Kier molecular flexibility index (Phi) is 8.35. The average molecular weight is 580 g/mol.